The first kappa shape index (κ1) is 15.7. The molecule has 0 saturated carbocycles. The van der Waals surface area contributed by atoms with Crippen LogP contribution in [-0.4, -0.2) is 36.3 Å². The minimum Gasteiger partial charge on any atom is -0.351 e. The van der Waals surface area contributed by atoms with Crippen molar-refractivity contribution in [1.82, 2.24) is 10.2 Å². The highest BCUT2D eigenvalue weighted by Gasteiger charge is 2.26. The molecular formula is C18H20N2O2S. The molecule has 0 radical (unpaired) electrons. The van der Waals surface area contributed by atoms with Crippen LogP contribution in [0.5, 0.6) is 0 Å². The summed E-state index contributed by atoms with van der Waals surface area (Å²) in [4.78, 5) is 26.7. The van der Waals surface area contributed by atoms with Gasteiger partial charge in [-0.2, -0.15) is 0 Å². The van der Waals surface area contributed by atoms with Crippen molar-refractivity contribution < 1.29 is 9.59 Å². The van der Waals surface area contributed by atoms with Crippen molar-refractivity contribution in [1.29, 1.82) is 0 Å². The van der Waals surface area contributed by atoms with E-state index in [1.165, 1.54) is 16.9 Å². The minimum atomic E-state index is -0.101. The standard InChI is InChI=1S/C18H20N2O2S/c21-17(8-10-19-18(22)16-7-4-12-23-16)20-11-9-15(13-20)14-5-2-1-3-6-14/h1-7,12,15H,8-11,13H2,(H,19,22). The number of carbonyl (C=O) groups is 2. The summed E-state index contributed by atoms with van der Waals surface area (Å²) < 4.78 is 0. The van der Waals surface area contributed by atoms with E-state index in [2.05, 4.69) is 17.4 Å². The van der Waals surface area contributed by atoms with Crippen LogP contribution in [0.2, 0.25) is 0 Å². The summed E-state index contributed by atoms with van der Waals surface area (Å²) in [6.45, 7) is 1.97. The van der Waals surface area contributed by atoms with Crippen LogP contribution >= 0.6 is 11.3 Å². The molecule has 1 saturated heterocycles. The molecule has 23 heavy (non-hydrogen) atoms. The summed E-state index contributed by atoms with van der Waals surface area (Å²) in [5, 5.41) is 4.68. The molecule has 1 fully saturated rings. The van der Waals surface area contributed by atoms with Gasteiger partial charge in [-0.3, -0.25) is 9.59 Å². The van der Waals surface area contributed by atoms with Crippen molar-refractivity contribution in [3.05, 3.63) is 58.3 Å². The molecule has 1 aliphatic heterocycles. The monoisotopic (exact) mass is 328 g/mol. The van der Waals surface area contributed by atoms with E-state index in [4.69, 9.17) is 0 Å². The summed E-state index contributed by atoms with van der Waals surface area (Å²) in [6.07, 6.45) is 1.37. The van der Waals surface area contributed by atoms with Gasteiger partial charge in [-0.15, -0.1) is 11.3 Å². The Hall–Kier alpha value is -2.14. The Kier molecular flexibility index (Phi) is 5.08. The number of nitrogens with one attached hydrogen (secondary N) is 1. The predicted molar refractivity (Wildman–Crippen MR) is 91.6 cm³/mol. The second-order valence-corrected chi connectivity index (χ2v) is 6.67. The molecule has 3 rings (SSSR count). The van der Waals surface area contributed by atoms with Gasteiger partial charge in [0.1, 0.15) is 0 Å². The van der Waals surface area contributed by atoms with Gasteiger partial charge >= 0.3 is 0 Å². The molecule has 1 unspecified atom stereocenters. The molecule has 1 aromatic heterocycles. The molecular weight excluding hydrogens is 308 g/mol. The molecule has 1 N–H and O–H groups in total. The Bertz CT molecular complexity index is 655. The molecule has 0 spiro atoms. The van der Waals surface area contributed by atoms with Crippen LogP contribution in [0.4, 0.5) is 0 Å². The fourth-order valence-electron chi connectivity index (χ4n) is 2.92. The van der Waals surface area contributed by atoms with E-state index in [0.29, 0.717) is 23.8 Å². The maximum absolute atomic E-state index is 12.3. The zero-order valence-corrected chi connectivity index (χ0v) is 13.7. The SMILES string of the molecule is O=C(NCCC(=O)N1CCC(c2ccccc2)C1)c1cccs1. The predicted octanol–water partition coefficient (Wildman–Crippen LogP) is 2.88. The zero-order valence-electron chi connectivity index (χ0n) is 12.9. The third-order valence-corrected chi connectivity index (χ3v) is 5.05. The van der Waals surface area contributed by atoms with E-state index in [1.54, 1.807) is 6.07 Å². The number of hydrogen-bond acceptors (Lipinski definition) is 3. The van der Waals surface area contributed by atoms with Crippen LogP contribution in [0.15, 0.2) is 47.8 Å². The average molecular weight is 328 g/mol. The Morgan fingerprint density at radius 3 is 2.74 bits per heavy atom. The van der Waals surface area contributed by atoms with E-state index in [-0.39, 0.29) is 11.8 Å². The lowest BCUT2D eigenvalue weighted by atomic mass is 9.99. The van der Waals surface area contributed by atoms with Crippen LogP contribution in [0.1, 0.15) is 34.0 Å². The summed E-state index contributed by atoms with van der Waals surface area (Å²) in [6, 6.07) is 14.0. The van der Waals surface area contributed by atoms with E-state index >= 15 is 0 Å². The van der Waals surface area contributed by atoms with Crippen LogP contribution < -0.4 is 5.32 Å². The van der Waals surface area contributed by atoms with Gasteiger partial charge in [0.15, 0.2) is 0 Å². The molecule has 120 valence electrons. The Morgan fingerprint density at radius 2 is 2.00 bits per heavy atom. The number of amides is 2. The van der Waals surface area contributed by atoms with Crippen LogP contribution in [0, 0.1) is 0 Å². The van der Waals surface area contributed by atoms with Crippen molar-refractivity contribution in [2.75, 3.05) is 19.6 Å². The summed E-state index contributed by atoms with van der Waals surface area (Å²) >= 11 is 1.41. The molecule has 1 aliphatic rings. The van der Waals surface area contributed by atoms with Crippen LogP contribution in [0.25, 0.3) is 0 Å². The fraction of sp³-hybridized carbons (Fsp3) is 0.333. The third kappa shape index (κ3) is 3.99. The number of carbonyl (C=O) groups excluding carboxylic acids is 2. The van der Waals surface area contributed by atoms with Gasteiger partial charge in [0.05, 0.1) is 4.88 Å². The highest BCUT2D eigenvalue weighted by molar-refractivity contribution is 7.12. The van der Waals surface area contributed by atoms with Crippen molar-refractivity contribution >= 4 is 23.2 Å². The molecule has 2 amide bonds. The van der Waals surface area contributed by atoms with E-state index in [1.807, 2.05) is 34.5 Å². The minimum absolute atomic E-state index is 0.101. The number of likely N-dealkylation sites (tertiary alicyclic amines) is 1. The molecule has 1 atom stereocenters. The first-order valence-corrected chi connectivity index (χ1v) is 8.76. The van der Waals surface area contributed by atoms with Crippen LogP contribution in [-0.2, 0) is 4.79 Å². The molecule has 2 heterocycles. The van der Waals surface area contributed by atoms with E-state index in [9.17, 15) is 9.59 Å². The van der Waals surface area contributed by atoms with Gasteiger partial charge in [-0.05, 0) is 23.4 Å². The number of rotatable bonds is 5. The fourth-order valence-corrected chi connectivity index (χ4v) is 3.56. The average Bonchev–Trinajstić information content (AvgIpc) is 3.27. The highest BCUT2D eigenvalue weighted by Crippen LogP contribution is 2.27. The molecule has 0 aliphatic carbocycles. The summed E-state index contributed by atoms with van der Waals surface area (Å²) in [5.41, 5.74) is 1.30. The third-order valence-electron chi connectivity index (χ3n) is 4.18. The Labute approximate surface area is 140 Å². The normalized spacial score (nSPS) is 17.2. The molecule has 5 heteroatoms. The van der Waals surface area contributed by atoms with Gasteiger partial charge in [0.2, 0.25) is 5.91 Å². The number of benzene rings is 1. The lowest BCUT2D eigenvalue weighted by molar-refractivity contribution is -0.130. The summed E-state index contributed by atoms with van der Waals surface area (Å²) in [5.74, 6) is 0.451. The van der Waals surface area contributed by atoms with Gasteiger partial charge in [0.25, 0.3) is 5.91 Å². The number of thiophene rings is 1. The summed E-state index contributed by atoms with van der Waals surface area (Å²) in [7, 11) is 0. The van der Waals surface area contributed by atoms with E-state index < -0.39 is 0 Å². The maximum atomic E-state index is 12.3. The zero-order chi connectivity index (χ0) is 16.1. The topological polar surface area (TPSA) is 49.4 Å². The first-order chi connectivity index (χ1) is 11.2. The van der Waals surface area contributed by atoms with Gasteiger partial charge in [-0.25, -0.2) is 0 Å². The Balaban J connectivity index is 1.44. The van der Waals surface area contributed by atoms with E-state index in [0.717, 1.165) is 19.5 Å². The lowest BCUT2D eigenvalue weighted by Crippen LogP contribution is -2.32. The molecule has 1 aromatic carbocycles. The Morgan fingerprint density at radius 1 is 1.17 bits per heavy atom. The van der Waals surface area contributed by atoms with Gasteiger partial charge < -0.3 is 10.2 Å². The largest absolute Gasteiger partial charge is 0.351 e. The van der Waals surface area contributed by atoms with Crippen molar-refractivity contribution in [3.63, 3.8) is 0 Å². The molecule has 4 nitrogen and oxygen atoms in total. The quantitative estimate of drug-likeness (QED) is 0.917. The molecule has 2 aromatic rings. The van der Waals surface area contributed by atoms with Crippen LogP contribution in [0.3, 0.4) is 0 Å². The van der Waals surface area contributed by atoms with Gasteiger partial charge in [0, 0.05) is 32.0 Å². The smallest absolute Gasteiger partial charge is 0.261 e. The lowest BCUT2D eigenvalue weighted by Gasteiger charge is -2.17. The second-order valence-electron chi connectivity index (χ2n) is 5.72. The second kappa shape index (κ2) is 7.42. The first-order valence-electron chi connectivity index (χ1n) is 7.88. The maximum Gasteiger partial charge on any atom is 0.261 e. The van der Waals surface area contributed by atoms with Crippen molar-refractivity contribution in [3.8, 4) is 0 Å². The van der Waals surface area contributed by atoms with Crippen molar-refractivity contribution in [2.45, 2.75) is 18.8 Å². The molecule has 0 bridgehead atoms. The number of hydrogen-bond donors (Lipinski definition) is 1. The van der Waals surface area contributed by atoms with Gasteiger partial charge in [-0.1, -0.05) is 36.4 Å². The number of nitrogens with zero attached hydrogens (tertiary/aromatic N) is 1. The highest BCUT2D eigenvalue weighted by atomic mass is 32.1. The van der Waals surface area contributed by atoms with Crippen molar-refractivity contribution in [2.24, 2.45) is 0 Å².